The van der Waals surface area contributed by atoms with E-state index in [0.29, 0.717) is 23.5 Å². The fourth-order valence-electron chi connectivity index (χ4n) is 4.44. The molecule has 0 unspecified atom stereocenters. The Morgan fingerprint density at radius 1 is 1.13 bits per heavy atom. The summed E-state index contributed by atoms with van der Waals surface area (Å²) in [5, 5.41) is 16.6. The lowest BCUT2D eigenvalue weighted by molar-refractivity contribution is 0.0995. The second-order valence-corrected chi connectivity index (χ2v) is 8.76. The summed E-state index contributed by atoms with van der Waals surface area (Å²) >= 11 is 0. The number of nitrogens with one attached hydrogen (secondary N) is 2. The normalized spacial score (nSPS) is 15.3. The molecule has 0 spiro atoms. The van der Waals surface area contributed by atoms with Gasteiger partial charge < -0.3 is 15.7 Å². The number of Topliss-reactive ketones (excluding diaryl/α,β-unsaturated/α-hetero) is 1. The molecule has 2 aliphatic rings. The van der Waals surface area contributed by atoms with Gasteiger partial charge in [-0.15, -0.1) is 0 Å². The van der Waals surface area contributed by atoms with Crippen LogP contribution in [0.15, 0.2) is 48.7 Å². The molecule has 0 radical (unpaired) electrons. The predicted octanol–water partition coefficient (Wildman–Crippen LogP) is 6.05. The summed E-state index contributed by atoms with van der Waals surface area (Å²) in [6.45, 7) is 1.96. The molecule has 0 amide bonds. The second-order valence-electron chi connectivity index (χ2n) is 8.76. The first-order valence-electron chi connectivity index (χ1n) is 11.0. The Labute approximate surface area is 182 Å². The average molecular weight is 414 g/mol. The van der Waals surface area contributed by atoms with Gasteiger partial charge in [-0.05, 0) is 60.6 Å². The number of rotatable bonds is 5. The molecule has 3 N–H and O–H groups in total. The van der Waals surface area contributed by atoms with Crippen molar-refractivity contribution in [2.24, 2.45) is 5.92 Å². The van der Waals surface area contributed by atoms with Gasteiger partial charge in [0.15, 0.2) is 5.78 Å². The molecule has 1 aromatic heterocycles. The van der Waals surface area contributed by atoms with Crippen LogP contribution in [0.4, 0.5) is 22.9 Å². The monoisotopic (exact) mass is 413 g/mol. The van der Waals surface area contributed by atoms with Gasteiger partial charge >= 0.3 is 0 Å². The van der Waals surface area contributed by atoms with E-state index in [9.17, 15) is 9.90 Å². The third-order valence-corrected chi connectivity index (χ3v) is 6.56. The van der Waals surface area contributed by atoms with Crippen LogP contribution in [0.1, 0.15) is 52.7 Å². The summed E-state index contributed by atoms with van der Waals surface area (Å²) in [5.74, 6) is 1.65. The Hall–Kier alpha value is -3.34. The SMILES string of the molecule is Cc1ccc(O)cc1Nc1ccnc2c1C(=O)Cc1cc(CCC3CCC3)ccc1N2. The molecule has 5 rings (SSSR count). The lowest BCUT2D eigenvalue weighted by Gasteiger charge is -2.25. The lowest BCUT2D eigenvalue weighted by atomic mass is 9.81. The fourth-order valence-corrected chi connectivity index (χ4v) is 4.44. The molecule has 5 heteroatoms. The maximum Gasteiger partial charge on any atom is 0.173 e. The minimum Gasteiger partial charge on any atom is -0.508 e. The Bertz CT molecular complexity index is 1150. The third kappa shape index (κ3) is 4.00. The summed E-state index contributed by atoms with van der Waals surface area (Å²) in [7, 11) is 0. The maximum atomic E-state index is 13.3. The van der Waals surface area contributed by atoms with E-state index in [1.807, 2.05) is 19.1 Å². The summed E-state index contributed by atoms with van der Waals surface area (Å²) < 4.78 is 0. The van der Waals surface area contributed by atoms with Gasteiger partial charge in [0.25, 0.3) is 0 Å². The van der Waals surface area contributed by atoms with Gasteiger partial charge in [0.2, 0.25) is 0 Å². The number of aromatic hydroxyl groups is 1. The smallest absolute Gasteiger partial charge is 0.173 e. The van der Waals surface area contributed by atoms with E-state index in [-0.39, 0.29) is 11.5 Å². The van der Waals surface area contributed by atoms with Crippen LogP contribution >= 0.6 is 0 Å². The molecule has 1 saturated carbocycles. The standard InChI is InChI=1S/C26H27N3O2/c1-16-5-9-20(30)15-23(16)28-22-11-12-27-26-25(22)24(31)14-19-13-18(8-10-21(19)29-26)7-6-17-3-2-4-17/h5,8-13,15,17,30H,2-4,6-7,14H2,1H3,(H2,27,28,29). The van der Waals surface area contributed by atoms with Crippen molar-refractivity contribution in [3.05, 3.63) is 70.9 Å². The molecule has 5 nitrogen and oxygen atoms in total. The van der Waals surface area contributed by atoms with Crippen molar-refractivity contribution in [2.45, 2.75) is 45.4 Å². The lowest BCUT2D eigenvalue weighted by Crippen LogP contribution is -2.11. The van der Waals surface area contributed by atoms with Crippen LogP contribution < -0.4 is 10.6 Å². The molecule has 2 aromatic carbocycles. The van der Waals surface area contributed by atoms with Crippen LogP contribution in [0.25, 0.3) is 0 Å². The highest BCUT2D eigenvalue weighted by Gasteiger charge is 2.24. The van der Waals surface area contributed by atoms with Gasteiger partial charge in [-0.25, -0.2) is 4.98 Å². The number of aryl methyl sites for hydroxylation is 2. The minimum atomic E-state index is 0.0331. The van der Waals surface area contributed by atoms with E-state index in [4.69, 9.17) is 0 Å². The van der Waals surface area contributed by atoms with Crippen LogP contribution in [0, 0.1) is 12.8 Å². The molecule has 2 heterocycles. The molecule has 31 heavy (non-hydrogen) atoms. The van der Waals surface area contributed by atoms with Crippen molar-refractivity contribution in [3.8, 4) is 5.75 Å². The van der Waals surface area contributed by atoms with Gasteiger partial charge in [0.1, 0.15) is 11.6 Å². The van der Waals surface area contributed by atoms with E-state index in [1.165, 1.54) is 31.2 Å². The van der Waals surface area contributed by atoms with Gasteiger partial charge in [0, 0.05) is 30.1 Å². The highest BCUT2D eigenvalue weighted by molar-refractivity contribution is 6.09. The third-order valence-electron chi connectivity index (χ3n) is 6.56. The van der Waals surface area contributed by atoms with Gasteiger partial charge in [0.05, 0.1) is 11.3 Å². The zero-order valence-corrected chi connectivity index (χ0v) is 17.7. The van der Waals surface area contributed by atoms with Crippen molar-refractivity contribution < 1.29 is 9.90 Å². The van der Waals surface area contributed by atoms with Crippen LogP contribution in [-0.4, -0.2) is 15.9 Å². The number of ketones is 1. The highest BCUT2D eigenvalue weighted by Crippen LogP contribution is 2.36. The Kier molecular flexibility index (Phi) is 5.10. The number of phenolic OH excluding ortho intramolecular Hbond substituents is 1. The second kappa shape index (κ2) is 8.06. The minimum absolute atomic E-state index is 0.0331. The van der Waals surface area contributed by atoms with Gasteiger partial charge in [-0.1, -0.05) is 37.5 Å². The quantitative estimate of drug-likeness (QED) is 0.474. The van der Waals surface area contributed by atoms with E-state index in [0.717, 1.165) is 34.8 Å². The number of nitrogens with zero attached hydrogens (tertiary/aromatic N) is 1. The number of hydrogen-bond acceptors (Lipinski definition) is 5. The van der Waals surface area contributed by atoms with E-state index in [1.54, 1.807) is 18.3 Å². The average Bonchev–Trinajstić information content (AvgIpc) is 2.85. The number of carbonyl (C=O) groups is 1. The molecule has 1 fully saturated rings. The molecule has 3 aromatic rings. The number of hydrogen-bond donors (Lipinski definition) is 3. The predicted molar refractivity (Wildman–Crippen MR) is 124 cm³/mol. The fraction of sp³-hybridized carbons (Fsp3) is 0.308. The number of phenols is 1. The topological polar surface area (TPSA) is 74.2 Å². The van der Waals surface area contributed by atoms with Crippen molar-refractivity contribution in [2.75, 3.05) is 10.6 Å². The van der Waals surface area contributed by atoms with Gasteiger partial charge in [-0.3, -0.25) is 4.79 Å². The first kappa shape index (κ1) is 19.6. The Balaban J connectivity index is 1.43. The Morgan fingerprint density at radius 2 is 2.00 bits per heavy atom. The molecule has 0 atom stereocenters. The Morgan fingerprint density at radius 3 is 2.81 bits per heavy atom. The summed E-state index contributed by atoms with van der Waals surface area (Å²) in [4.78, 5) is 17.7. The number of benzene rings is 2. The van der Waals surface area contributed by atoms with Crippen molar-refractivity contribution in [1.82, 2.24) is 4.98 Å². The molecular weight excluding hydrogens is 386 g/mol. The summed E-state index contributed by atoms with van der Waals surface area (Å²) in [6.07, 6.45) is 8.43. The van der Waals surface area contributed by atoms with E-state index < -0.39 is 0 Å². The summed E-state index contributed by atoms with van der Waals surface area (Å²) in [6, 6.07) is 13.4. The van der Waals surface area contributed by atoms with E-state index in [2.05, 4.69) is 33.8 Å². The summed E-state index contributed by atoms with van der Waals surface area (Å²) in [5.41, 5.74) is 6.25. The first-order chi connectivity index (χ1) is 15.1. The molecule has 158 valence electrons. The first-order valence-corrected chi connectivity index (χ1v) is 11.0. The van der Waals surface area contributed by atoms with Crippen LogP contribution in [0.3, 0.4) is 0 Å². The highest BCUT2D eigenvalue weighted by atomic mass is 16.3. The van der Waals surface area contributed by atoms with Crippen LogP contribution in [0.5, 0.6) is 5.75 Å². The van der Waals surface area contributed by atoms with Crippen molar-refractivity contribution in [1.29, 1.82) is 0 Å². The molecule has 1 aliphatic carbocycles. The van der Waals surface area contributed by atoms with Crippen molar-refractivity contribution in [3.63, 3.8) is 0 Å². The maximum absolute atomic E-state index is 13.3. The number of anilines is 4. The van der Waals surface area contributed by atoms with Gasteiger partial charge in [-0.2, -0.15) is 0 Å². The molecule has 0 saturated heterocycles. The van der Waals surface area contributed by atoms with Crippen LogP contribution in [-0.2, 0) is 12.8 Å². The van der Waals surface area contributed by atoms with E-state index >= 15 is 0 Å². The number of carbonyl (C=O) groups excluding carboxylic acids is 1. The van der Waals surface area contributed by atoms with Crippen LogP contribution in [0.2, 0.25) is 0 Å². The molecule has 1 aliphatic heterocycles. The molecule has 0 bridgehead atoms. The zero-order chi connectivity index (χ0) is 21.4. The van der Waals surface area contributed by atoms with Crippen molar-refractivity contribution >= 4 is 28.7 Å². The largest absolute Gasteiger partial charge is 0.508 e. The zero-order valence-electron chi connectivity index (χ0n) is 17.7. The molecular formula is C26H27N3O2. The number of aromatic nitrogens is 1. The number of fused-ring (bicyclic) bond motifs is 2. The number of pyridine rings is 1.